The highest BCUT2D eigenvalue weighted by molar-refractivity contribution is 7.92. The third kappa shape index (κ3) is 6.40. The number of nitrogens with one attached hydrogen (secondary N) is 1. The van der Waals surface area contributed by atoms with E-state index >= 15 is 0 Å². The maximum absolute atomic E-state index is 12.7. The molecular weight excluding hydrogens is 536 g/mol. The fourth-order valence-electron chi connectivity index (χ4n) is 4.00. The summed E-state index contributed by atoms with van der Waals surface area (Å²) in [5, 5.41) is 9.97. The van der Waals surface area contributed by atoms with E-state index in [-0.39, 0.29) is 17.8 Å². The van der Waals surface area contributed by atoms with Gasteiger partial charge in [0.15, 0.2) is 5.13 Å². The molecule has 2 aromatic carbocycles. The van der Waals surface area contributed by atoms with Gasteiger partial charge in [-0.05, 0) is 42.7 Å². The van der Waals surface area contributed by atoms with Crippen molar-refractivity contribution in [1.29, 1.82) is 0 Å². The molecule has 37 heavy (non-hydrogen) atoms. The monoisotopic (exact) mass is 559 g/mol. The number of sulfonamides is 1. The number of fused-ring (bicyclic) bond motifs is 1. The van der Waals surface area contributed by atoms with Crippen LogP contribution < -0.4 is 9.46 Å². The number of ether oxygens (including phenoxy) is 1. The molecule has 3 heterocycles. The Morgan fingerprint density at radius 3 is 2.73 bits per heavy atom. The van der Waals surface area contributed by atoms with Crippen LogP contribution in [-0.4, -0.2) is 54.6 Å². The Morgan fingerprint density at radius 1 is 1.19 bits per heavy atom. The van der Waals surface area contributed by atoms with E-state index in [0.29, 0.717) is 42.9 Å². The summed E-state index contributed by atoms with van der Waals surface area (Å²) in [5.74, 6) is 0.600. The number of hydrogen-bond acceptors (Lipinski definition) is 9. The van der Waals surface area contributed by atoms with Gasteiger partial charge in [-0.3, -0.25) is 8.93 Å². The van der Waals surface area contributed by atoms with Crippen molar-refractivity contribution >= 4 is 54.1 Å². The predicted molar refractivity (Wildman–Crippen MR) is 141 cm³/mol. The molecule has 5 rings (SSSR count). The Bertz CT molecular complexity index is 1530. The fraction of sp³-hybridized carbons (Fsp3) is 0.261. The Hall–Kier alpha value is -3.17. The molecule has 1 fully saturated rings. The molecule has 4 aromatic rings. The molecule has 1 aliphatic rings. The molecule has 0 aliphatic carbocycles. The second-order valence-corrected chi connectivity index (χ2v) is 11.9. The fourth-order valence-corrected chi connectivity index (χ4v) is 6.53. The summed E-state index contributed by atoms with van der Waals surface area (Å²) >= 11 is -1.22. The van der Waals surface area contributed by atoms with Crippen LogP contribution in [0.4, 0.5) is 5.13 Å². The standard InChI is InChI=1S/C23H24N6O5S3/c30-36(31)26-23-24-21-7-6-20(14-22(21)35-23)34-16-18-15-29(27-25-18)19-8-11-28(12-9-19)37(32,33)13-10-17-4-2-1-3-5-17/h1-7,10,13-15,19H,8-9,11-12,16H2,(H,24,26)(H,30,31)/p-1. The van der Waals surface area contributed by atoms with Gasteiger partial charge in [-0.1, -0.05) is 46.9 Å². The summed E-state index contributed by atoms with van der Waals surface area (Å²) in [7, 11) is -3.49. The summed E-state index contributed by atoms with van der Waals surface area (Å²) in [6, 6.07) is 14.7. The first kappa shape index (κ1) is 25.5. The summed E-state index contributed by atoms with van der Waals surface area (Å²) in [4.78, 5) is 4.20. The number of nitrogens with zero attached hydrogens (tertiary/aromatic N) is 5. The average molecular weight is 560 g/mol. The lowest BCUT2D eigenvalue weighted by molar-refractivity contribution is 0.260. The largest absolute Gasteiger partial charge is 0.755 e. The van der Waals surface area contributed by atoms with Crippen LogP contribution in [0.15, 0.2) is 60.1 Å². The molecule has 0 saturated carbocycles. The maximum Gasteiger partial charge on any atom is 0.236 e. The van der Waals surface area contributed by atoms with Gasteiger partial charge < -0.3 is 9.29 Å². The first-order valence-electron chi connectivity index (χ1n) is 11.4. The smallest absolute Gasteiger partial charge is 0.236 e. The van der Waals surface area contributed by atoms with Crippen molar-refractivity contribution in [3.8, 4) is 5.75 Å². The van der Waals surface area contributed by atoms with Crippen molar-refractivity contribution in [3.05, 3.63) is 71.4 Å². The summed E-state index contributed by atoms with van der Waals surface area (Å²) in [5.41, 5.74) is 2.15. The molecule has 0 bridgehead atoms. The SMILES string of the molecule is O=S([O-])Nc1nc2ccc(OCc3cn(C4CCN(S(=O)(=O)C=Cc5ccccc5)CC4)nn3)cc2s1. The van der Waals surface area contributed by atoms with Crippen molar-refractivity contribution < 1.29 is 21.9 Å². The maximum atomic E-state index is 12.7. The second kappa shape index (κ2) is 11.1. The zero-order valence-corrected chi connectivity index (χ0v) is 21.9. The third-order valence-corrected chi connectivity index (χ3v) is 8.85. The van der Waals surface area contributed by atoms with Crippen LogP contribution >= 0.6 is 11.3 Å². The van der Waals surface area contributed by atoms with Crippen molar-refractivity contribution in [3.63, 3.8) is 0 Å². The lowest BCUT2D eigenvalue weighted by Crippen LogP contribution is -2.38. The van der Waals surface area contributed by atoms with Gasteiger partial charge in [0.25, 0.3) is 0 Å². The molecule has 14 heteroatoms. The molecule has 2 aromatic heterocycles. The second-order valence-electron chi connectivity index (χ2n) is 8.35. The number of aromatic nitrogens is 4. The van der Waals surface area contributed by atoms with E-state index in [2.05, 4.69) is 20.0 Å². The van der Waals surface area contributed by atoms with Gasteiger partial charge in [0.05, 0.1) is 22.5 Å². The number of hydrogen-bond donors (Lipinski definition) is 1. The van der Waals surface area contributed by atoms with Crippen LogP contribution in [0.1, 0.15) is 30.1 Å². The molecule has 0 spiro atoms. The van der Waals surface area contributed by atoms with Gasteiger partial charge in [0.2, 0.25) is 10.0 Å². The van der Waals surface area contributed by atoms with Gasteiger partial charge in [0.1, 0.15) is 18.1 Å². The zero-order valence-electron chi connectivity index (χ0n) is 19.5. The molecule has 194 valence electrons. The Morgan fingerprint density at radius 2 is 1.97 bits per heavy atom. The summed E-state index contributed by atoms with van der Waals surface area (Å²) < 4.78 is 59.2. The first-order valence-corrected chi connectivity index (χ1v) is 14.8. The molecule has 1 aliphatic heterocycles. The minimum absolute atomic E-state index is 0.0526. The van der Waals surface area contributed by atoms with Gasteiger partial charge in [0, 0.05) is 29.8 Å². The number of piperidine rings is 1. The highest BCUT2D eigenvalue weighted by atomic mass is 32.2. The number of thiazole rings is 1. The Labute approximate surface area is 220 Å². The van der Waals surface area contributed by atoms with Crippen LogP contribution in [-0.2, 0) is 27.9 Å². The molecule has 0 amide bonds. The number of anilines is 1. The Kier molecular flexibility index (Phi) is 7.62. The molecule has 1 atom stereocenters. The van der Waals surface area contributed by atoms with Gasteiger partial charge in [-0.15, -0.1) is 5.10 Å². The summed E-state index contributed by atoms with van der Waals surface area (Å²) in [6.45, 7) is 1.02. The molecule has 1 N–H and O–H groups in total. The molecule has 1 unspecified atom stereocenters. The quantitative estimate of drug-likeness (QED) is 0.308. The number of benzene rings is 2. The lowest BCUT2D eigenvalue weighted by Gasteiger charge is -2.30. The van der Waals surface area contributed by atoms with E-state index in [1.54, 1.807) is 29.0 Å². The van der Waals surface area contributed by atoms with Crippen LogP contribution in [0.25, 0.3) is 16.3 Å². The van der Waals surface area contributed by atoms with E-state index < -0.39 is 21.3 Å². The van der Waals surface area contributed by atoms with E-state index in [1.807, 2.05) is 36.5 Å². The highest BCUT2D eigenvalue weighted by Crippen LogP contribution is 2.30. The predicted octanol–water partition coefficient (Wildman–Crippen LogP) is 3.31. The van der Waals surface area contributed by atoms with E-state index in [9.17, 15) is 17.2 Å². The van der Waals surface area contributed by atoms with Gasteiger partial charge >= 0.3 is 0 Å². The van der Waals surface area contributed by atoms with Crippen LogP contribution in [0.3, 0.4) is 0 Å². The molecular formula is C23H23N6O5S3-. The molecule has 1 saturated heterocycles. The third-order valence-electron chi connectivity index (χ3n) is 5.86. The molecule has 0 radical (unpaired) electrons. The zero-order chi connectivity index (χ0) is 25.8. The van der Waals surface area contributed by atoms with Crippen LogP contribution in [0.5, 0.6) is 5.75 Å². The van der Waals surface area contributed by atoms with E-state index in [0.717, 1.165) is 10.3 Å². The Balaban J connectivity index is 1.15. The topological polar surface area (TPSA) is 142 Å². The summed E-state index contributed by atoms with van der Waals surface area (Å²) in [6.07, 6.45) is 4.70. The van der Waals surface area contributed by atoms with Gasteiger partial charge in [-0.25, -0.2) is 18.1 Å². The average Bonchev–Trinajstić information content (AvgIpc) is 3.53. The lowest BCUT2D eigenvalue weighted by atomic mass is 10.1. The first-order chi connectivity index (χ1) is 17.9. The van der Waals surface area contributed by atoms with E-state index in [4.69, 9.17) is 4.74 Å². The van der Waals surface area contributed by atoms with Crippen molar-refractivity contribution in [2.24, 2.45) is 0 Å². The molecule has 11 nitrogen and oxygen atoms in total. The minimum Gasteiger partial charge on any atom is -0.755 e. The van der Waals surface area contributed by atoms with E-state index in [1.165, 1.54) is 21.1 Å². The van der Waals surface area contributed by atoms with Crippen LogP contribution in [0, 0.1) is 0 Å². The minimum atomic E-state index is -3.49. The number of rotatable bonds is 9. The highest BCUT2D eigenvalue weighted by Gasteiger charge is 2.27. The van der Waals surface area contributed by atoms with Crippen molar-refractivity contribution in [2.45, 2.75) is 25.5 Å². The van der Waals surface area contributed by atoms with Gasteiger partial charge in [-0.2, -0.15) is 4.31 Å². The van der Waals surface area contributed by atoms with Crippen molar-refractivity contribution in [1.82, 2.24) is 24.3 Å². The van der Waals surface area contributed by atoms with Crippen LogP contribution in [0.2, 0.25) is 0 Å². The normalized spacial score (nSPS) is 16.4. The van der Waals surface area contributed by atoms with Crippen molar-refractivity contribution in [2.75, 3.05) is 17.8 Å².